The van der Waals surface area contributed by atoms with Crippen LogP contribution in [0.1, 0.15) is 20.3 Å². The van der Waals surface area contributed by atoms with Gasteiger partial charge in [0.2, 0.25) is 5.91 Å². The number of rotatable bonds is 6. The Bertz CT molecular complexity index is 1080. The maximum Gasteiger partial charge on any atom is 0.262 e. The molecule has 0 fully saturated rings. The van der Waals surface area contributed by atoms with Crippen molar-refractivity contribution in [2.45, 2.75) is 37.2 Å². The summed E-state index contributed by atoms with van der Waals surface area (Å²) in [6, 6.07) is 9.98. The van der Waals surface area contributed by atoms with E-state index in [1.165, 1.54) is 6.07 Å². The number of hydrogen-bond donors (Lipinski definition) is 1. The number of carbonyl (C=O) groups excluding carboxylic acids is 1. The van der Waals surface area contributed by atoms with Gasteiger partial charge in [-0.05, 0) is 37.6 Å². The Morgan fingerprint density at radius 1 is 1.25 bits per heavy atom. The summed E-state index contributed by atoms with van der Waals surface area (Å²) in [5, 5.41) is 2.74. The van der Waals surface area contributed by atoms with Crippen LogP contribution < -0.4 is 10.9 Å². The van der Waals surface area contributed by atoms with Crippen molar-refractivity contribution >= 4 is 34.3 Å². The number of nitrogens with zero attached hydrogens (tertiary/aromatic N) is 2. The minimum atomic E-state index is -0.850. The average molecular weight is 403 g/mol. The number of para-hydroxylation sites is 1. The lowest BCUT2D eigenvalue weighted by Crippen LogP contribution is -2.27. The van der Waals surface area contributed by atoms with E-state index in [-0.39, 0.29) is 11.2 Å². The van der Waals surface area contributed by atoms with E-state index in [0.29, 0.717) is 28.7 Å². The third-order valence-corrected chi connectivity index (χ3v) is 5.20. The highest BCUT2D eigenvalue weighted by atomic mass is 32.2. The SMILES string of the molecule is CCCn1c(SC(C)C(=O)Nc2ccc(F)cc2F)nc2ccccc2c1=O. The number of carbonyl (C=O) groups is 1. The van der Waals surface area contributed by atoms with E-state index in [4.69, 9.17) is 0 Å². The fourth-order valence-corrected chi connectivity index (χ4v) is 3.63. The number of fused-ring (bicyclic) bond motifs is 1. The van der Waals surface area contributed by atoms with Gasteiger partial charge in [0.05, 0.1) is 21.8 Å². The van der Waals surface area contributed by atoms with Crippen LogP contribution in [0.3, 0.4) is 0 Å². The van der Waals surface area contributed by atoms with Crippen LogP contribution in [0.5, 0.6) is 0 Å². The summed E-state index contributed by atoms with van der Waals surface area (Å²) in [5.41, 5.74) is 0.294. The number of anilines is 1. The Morgan fingerprint density at radius 3 is 2.71 bits per heavy atom. The second-order valence-electron chi connectivity index (χ2n) is 6.24. The standard InChI is InChI=1S/C20H19F2N3O2S/c1-3-10-25-19(27)14-6-4-5-7-16(14)24-20(25)28-12(2)18(26)23-17-9-8-13(21)11-15(17)22/h4-9,11-12H,3,10H2,1-2H3,(H,23,26). The Hall–Kier alpha value is -2.74. The molecular formula is C20H19F2N3O2S. The van der Waals surface area contributed by atoms with E-state index >= 15 is 0 Å². The fraction of sp³-hybridized carbons (Fsp3) is 0.250. The Labute approximate surface area is 164 Å². The molecule has 146 valence electrons. The van der Waals surface area contributed by atoms with E-state index in [1.807, 2.05) is 6.92 Å². The summed E-state index contributed by atoms with van der Waals surface area (Å²) in [4.78, 5) is 29.8. The van der Waals surface area contributed by atoms with Gasteiger partial charge in [0, 0.05) is 12.6 Å². The van der Waals surface area contributed by atoms with Gasteiger partial charge < -0.3 is 5.32 Å². The molecule has 28 heavy (non-hydrogen) atoms. The van der Waals surface area contributed by atoms with Crippen LogP contribution in [-0.4, -0.2) is 20.7 Å². The second-order valence-corrected chi connectivity index (χ2v) is 7.55. The highest BCUT2D eigenvalue weighted by Gasteiger charge is 2.20. The van der Waals surface area contributed by atoms with Gasteiger partial charge in [0.15, 0.2) is 5.16 Å². The molecule has 1 atom stereocenters. The Balaban J connectivity index is 1.87. The van der Waals surface area contributed by atoms with E-state index in [2.05, 4.69) is 10.3 Å². The van der Waals surface area contributed by atoms with Crippen LogP contribution >= 0.6 is 11.8 Å². The molecule has 0 spiro atoms. The molecule has 0 radical (unpaired) electrons. The van der Waals surface area contributed by atoms with Crippen LogP contribution in [-0.2, 0) is 11.3 Å². The number of hydrogen-bond acceptors (Lipinski definition) is 4. The zero-order chi connectivity index (χ0) is 20.3. The third-order valence-electron chi connectivity index (χ3n) is 4.11. The van der Waals surface area contributed by atoms with Crippen molar-refractivity contribution in [1.82, 2.24) is 9.55 Å². The molecule has 0 bridgehead atoms. The summed E-state index contributed by atoms with van der Waals surface area (Å²) >= 11 is 1.12. The van der Waals surface area contributed by atoms with Crippen LogP contribution in [0.2, 0.25) is 0 Å². The first-order valence-electron chi connectivity index (χ1n) is 8.83. The molecule has 8 heteroatoms. The minimum Gasteiger partial charge on any atom is -0.323 e. The van der Waals surface area contributed by atoms with Crippen molar-refractivity contribution in [2.24, 2.45) is 0 Å². The predicted octanol–water partition coefficient (Wildman–Crippen LogP) is 4.20. The normalized spacial score (nSPS) is 12.1. The number of nitrogens with one attached hydrogen (secondary N) is 1. The van der Waals surface area contributed by atoms with Gasteiger partial charge in [-0.2, -0.15) is 0 Å². The summed E-state index contributed by atoms with van der Waals surface area (Å²) in [6.07, 6.45) is 0.731. The summed E-state index contributed by atoms with van der Waals surface area (Å²) in [7, 11) is 0. The molecule has 3 rings (SSSR count). The van der Waals surface area contributed by atoms with Gasteiger partial charge in [-0.1, -0.05) is 30.8 Å². The smallest absolute Gasteiger partial charge is 0.262 e. The largest absolute Gasteiger partial charge is 0.323 e. The molecular weight excluding hydrogens is 384 g/mol. The monoisotopic (exact) mass is 403 g/mol. The van der Waals surface area contributed by atoms with Crippen molar-refractivity contribution in [3.8, 4) is 0 Å². The van der Waals surface area contributed by atoms with Gasteiger partial charge in [-0.15, -0.1) is 0 Å². The van der Waals surface area contributed by atoms with Gasteiger partial charge in [0.25, 0.3) is 5.56 Å². The summed E-state index contributed by atoms with van der Waals surface area (Å²) < 4.78 is 28.3. The fourth-order valence-electron chi connectivity index (χ4n) is 2.70. The van der Waals surface area contributed by atoms with Crippen molar-refractivity contribution in [3.05, 3.63) is 64.5 Å². The van der Waals surface area contributed by atoms with E-state index in [1.54, 1.807) is 35.8 Å². The molecule has 1 heterocycles. The lowest BCUT2D eigenvalue weighted by Gasteiger charge is -2.16. The summed E-state index contributed by atoms with van der Waals surface area (Å²) in [5.74, 6) is -2.04. The number of thioether (sulfide) groups is 1. The predicted molar refractivity (Wildman–Crippen MR) is 107 cm³/mol. The molecule has 1 unspecified atom stereocenters. The van der Waals surface area contributed by atoms with Crippen LogP contribution in [0.15, 0.2) is 52.4 Å². The highest BCUT2D eigenvalue weighted by molar-refractivity contribution is 8.00. The van der Waals surface area contributed by atoms with E-state index in [9.17, 15) is 18.4 Å². The topological polar surface area (TPSA) is 64.0 Å². The number of benzene rings is 2. The highest BCUT2D eigenvalue weighted by Crippen LogP contribution is 2.24. The molecule has 5 nitrogen and oxygen atoms in total. The van der Waals surface area contributed by atoms with Gasteiger partial charge >= 0.3 is 0 Å². The first-order valence-corrected chi connectivity index (χ1v) is 9.70. The zero-order valence-electron chi connectivity index (χ0n) is 15.4. The van der Waals surface area contributed by atoms with Crippen LogP contribution in [0.4, 0.5) is 14.5 Å². The van der Waals surface area contributed by atoms with Crippen molar-refractivity contribution in [1.29, 1.82) is 0 Å². The first kappa shape index (κ1) is 20.0. The van der Waals surface area contributed by atoms with E-state index < -0.39 is 22.8 Å². The molecule has 3 aromatic rings. The van der Waals surface area contributed by atoms with Gasteiger partial charge in [0.1, 0.15) is 11.6 Å². The number of aromatic nitrogens is 2. The molecule has 0 saturated heterocycles. The molecule has 0 aliphatic heterocycles. The quantitative estimate of drug-likeness (QED) is 0.495. The van der Waals surface area contributed by atoms with E-state index in [0.717, 1.165) is 24.2 Å². The molecule has 0 aliphatic rings. The van der Waals surface area contributed by atoms with Crippen molar-refractivity contribution in [3.63, 3.8) is 0 Å². The second kappa shape index (κ2) is 8.52. The Morgan fingerprint density at radius 2 is 2.00 bits per heavy atom. The maximum atomic E-state index is 13.8. The van der Waals surface area contributed by atoms with Crippen molar-refractivity contribution < 1.29 is 13.6 Å². The maximum absolute atomic E-state index is 13.8. The molecule has 1 amide bonds. The Kier molecular flexibility index (Phi) is 6.08. The minimum absolute atomic E-state index is 0.101. The van der Waals surface area contributed by atoms with Gasteiger partial charge in [-0.25, -0.2) is 13.8 Å². The number of halogens is 2. The molecule has 0 saturated carbocycles. The summed E-state index contributed by atoms with van der Waals surface area (Å²) in [6.45, 7) is 4.06. The average Bonchev–Trinajstić information content (AvgIpc) is 2.67. The first-order chi connectivity index (χ1) is 13.4. The lowest BCUT2D eigenvalue weighted by molar-refractivity contribution is -0.115. The van der Waals surface area contributed by atoms with Crippen LogP contribution in [0.25, 0.3) is 10.9 Å². The van der Waals surface area contributed by atoms with Crippen LogP contribution in [0, 0.1) is 11.6 Å². The lowest BCUT2D eigenvalue weighted by atomic mass is 10.2. The molecule has 0 aliphatic carbocycles. The number of amides is 1. The molecule has 1 aromatic heterocycles. The van der Waals surface area contributed by atoms with Crippen molar-refractivity contribution in [2.75, 3.05) is 5.32 Å². The molecule has 1 N–H and O–H groups in total. The third kappa shape index (κ3) is 4.22. The molecule has 2 aromatic carbocycles. The van der Waals surface area contributed by atoms with Gasteiger partial charge in [-0.3, -0.25) is 14.2 Å². The zero-order valence-corrected chi connectivity index (χ0v) is 16.2.